The summed E-state index contributed by atoms with van der Waals surface area (Å²) in [5.41, 5.74) is 7.70. The van der Waals surface area contributed by atoms with E-state index in [2.05, 4.69) is 0 Å². The van der Waals surface area contributed by atoms with Crippen molar-refractivity contribution in [3.8, 4) is 0 Å². The molecular weight excluding hydrogens is 256 g/mol. The summed E-state index contributed by atoms with van der Waals surface area (Å²) in [5, 5.41) is 0. The van der Waals surface area contributed by atoms with E-state index in [1.54, 1.807) is 6.92 Å². The number of hydrogen-bond donors (Lipinski definition) is 3. The summed E-state index contributed by atoms with van der Waals surface area (Å²) in [6.45, 7) is 2.04. The molecule has 18 heavy (non-hydrogen) atoms. The van der Waals surface area contributed by atoms with E-state index in [0.717, 1.165) is 0 Å². The Hall–Kier alpha value is -1.64. The van der Waals surface area contributed by atoms with Crippen molar-refractivity contribution in [1.82, 2.24) is 9.73 Å². The quantitative estimate of drug-likeness (QED) is 0.296. The lowest BCUT2D eigenvalue weighted by Crippen LogP contribution is -2.31. The number of benzene rings is 1. The number of hydrazine groups is 1. The molecule has 0 radical (unpaired) electrons. The van der Waals surface area contributed by atoms with Crippen molar-refractivity contribution in [3.05, 3.63) is 23.8 Å². The van der Waals surface area contributed by atoms with Crippen molar-refractivity contribution >= 4 is 21.6 Å². The van der Waals surface area contributed by atoms with Crippen molar-refractivity contribution < 1.29 is 13.2 Å². The number of nitrogens with zero attached hydrogens (tertiary/aromatic N) is 1. The highest BCUT2D eigenvalue weighted by Gasteiger charge is 2.21. The van der Waals surface area contributed by atoms with Gasteiger partial charge >= 0.3 is 0 Å². The molecule has 0 spiro atoms. The van der Waals surface area contributed by atoms with Crippen molar-refractivity contribution in [3.63, 3.8) is 0 Å². The van der Waals surface area contributed by atoms with Gasteiger partial charge in [-0.25, -0.2) is 18.6 Å². The third-order valence-corrected chi connectivity index (χ3v) is 4.48. The second kappa shape index (κ2) is 5.34. The molecule has 1 aromatic rings. The number of nitrogens with one attached hydrogen (secondary N) is 1. The fourth-order valence-electron chi connectivity index (χ4n) is 1.32. The average molecular weight is 272 g/mol. The number of nitrogen functional groups attached to an aromatic ring is 2. The van der Waals surface area contributed by atoms with E-state index in [1.807, 2.05) is 5.43 Å². The van der Waals surface area contributed by atoms with Crippen LogP contribution < -0.4 is 17.0 Å². The second-order valence-corrected chi connectivity index (χ2v) is 5.69. The standard InChI is InChI=1S/C10H16N4O3S/c1-3-14(2)18(16,17)7-4-5-9(11)8(6-7)10(15)13-12/h4-6H,3,11-12H2,1-2H3,(H,13,15). The minimum atomic E-state index is -3.61. The number of carbonyl (C=O) groups excluding carboxylic acids is 1. The van der Waals surface area contributed by atoms with Crippen LogP contribution in [0, 0.1) is 0 Å². The van der Waals surface area contributed by atoms with Gasteiger partial charge in [0.05, 0.1) is 10.5 Å². The Balaban J connectivity index is 3.33. The first-order chi connectivity index (χ1) is 8.34. The maximum atomic E-state index is 12.1. The highest BCUT2D eigenvalue weighted by molar-refractivity contribution is 7.89. The lowest BCUT2D eigenvalue weighted by molar-refractivity contribution is 0.0954. The van der Waals surface area contributed by atoms with E-state index >= 15 is 0 Å². The predicted octanol–water partition coefficient (Wildman–Crippen LogP) is -0.487. The fraction of sp³-hybridized carbons (Fsp3) is 0.300. The monoisotopic (exact) mass is 272 g/mol. The topological polar surface area (TPSA) is 119 Å². The first-order valence-electron chi connectivity index (χ1n) is 5.21. The van der Waals surface area contributed by atoms with Gasteiger partial charge in [-0.1, -0.05) is 6.92 Å². The van der Waals surface area contributed by atoms with Gasteiger partial charge in [0.25, 0.3) is 5.91 Å². The first kappa shape index (κ1) is 14.4. The molecule has 0 aliphatic rings. The maximum absolute atomic E-state index is 12.1. The molecule has 7 nitrogen and oxygen atoms in total. The van der Waals surface area contributed by atoms with Crippen LogP contribution in [-0.2, 0) is 10.0 Å². The van der Waals surface area contributed by atoms with Crippen LogP contribution in [0.3, 0.4) is 0 Å². The van der Waals surface area contributed by atoms with E-state index in [9.17, 15) is 13.2 Å². The lowest BCUT2D eigenvalue weighted by atomic mass is 10.2. The fourth-order valence-corrected chi connectivity index (χ4v) is 2.53. The largest absolute Gasteiger partial charge is 0.398 e. The van der Waals surface area contributed by atoms with Crippen LogP contribution in [-0.4, -0.2) is 32.2 Å². The number of hydrogen-bond acceptors (Lipinski definition) is 5. The van der Waals surface area contributed by atoms with Crippen LogP contribution in [0.25, 0.3) is 0 Å². The summed E-state index contributed by atoms with van der Waals surface area (Å²) in [6, 6.07) is 3.92. The normalized spacial score (nSPS) is 11.6. The van der Waals surface area contributed by atoms with Crippen molar-refractivity contribution in [2.75, 3.05) is 19.3 Å². The van der Waals surface area contributed by atoms with Gasteiger partial charge in [-0.2, -0.15) is 0 Å². The van der Waals surface area contributed by atoms with Crippen LogP contribution in [0.4, 0.5) is 5.69 Å². The van der Waals surface area contributed by atoms with Crippen molar-refractivity contribution in [2.24, 2.45) is 5.84 Å². The summed E-state index contributed by atoms with van der Waals surface area (Å²) in [4.78, 5) is 11.4. The minimum Gasteiger partial charge on any atom is -0.398 e. The summed E-state index contributed by atoms with van der Waals surface area (Å²) in [5.74, 6) is 4.37. The molecule has 0 aromatic heterocycles. The SMILES string of the molecule is CCN(C)S(=O)(=O)c1ccc(N)c(C(=O)NN)c1. The lowest BCUT2D eigenvalue weighted by Gasteiger charge is -2.15. The van der Waals surface area contributed by atoms with Crippen LogP contribution in [0.1, 0.15) is 17.3 Å². The van der Waals surface area contributed by atoms with Crippen molar-refractivity contribution in [2.45, 2.75) is 11.8 Å². The molecule has 0 aliphatic heterocycles. The van der Waals surface area contributed by atoms with Gasteiger partial charge in [-0.15, -0.1) is 0 Å². The third kappa shape index (κ3) is 2.61. The summed E-state index contributed by atoms with van der Waals surface area (Å²) < 4.78 is 25.3. The third-order valence-electron chi connectivity index (χ3n) is 2.55. The van der Waals surface area contributed by atoms with Gasteiger partial charge in [0, 0.05) is 19.3 Å². The first-order valence-corrected chi connectivity index (χ1v) is 6.65. The zero-order chi connectivity index (χ0) is 13.9. The highest BCUT2D eigenvalue weighted by atomic mass is 32.2. The molecule has 0 atom stereocenters. The molecule has 5 N–H and O–H groups in total. The molecule has 0 heterocycles. The Morgan fingerprint density at radius 3 is 2.56 bits per heavy atom. The molecule has 0 unspecified atom stereocenters. The summed E-state index contributed by atoms with van der Waals surface area (Å²) in [7, 11) is -2.16. The van der Waals surface area contributed by atoms with Crippen molar-refractivity contribution in [1.29, 1.82) is 0 Å². The number of anilines is 1. The Labute approximate surface area is 106 Å². The number of nitrogens with two attached hydrogens (primary N) is 2. The number of rotatable bonds is 4. The average Bonchev–Trinajstić information content (AvgIpc) is 2.36. The second-order valence-electron chi connectivity index (χ2n) is 3.64. The summed E-state index contributed by atoms with van der Waals surface area (Å²) >= 11 is 0. The van der Waals surface area contributed by atoms with Gasteiger partial charge < -0.3 is 5.73 Å². The van der Waals surface area contributed by atoms with Crippen LogP contribution in [0.5, 0.6) is 0 Å². The van der Waals surface area contributed by atoms with E-state index in [0.29, 0.717) is 6.54 Å². The van der Waals surface area contributed by atoms with Gasteiger partial charge in [0.1, 0.15) is 0 Å². The van der Waals surface area contributed by atoms with Gasteiger partial charge in [-0.05, 0) is 18.2 Å². The number of amides is 1. The zero-order valence-electron chi connectivity index (χ0n) is 10.2. The molecule has 1 aromatic carbocycles. The molecule has 0 saturated heterocycles. The highest BCUT2D eigenvalue weighted by Crippen LogP contribution is 2.20. The Morgan fingerprint density at radius 2 is 2.06 bits per heavy atom. The molecule has 0 fully saturated rings. The van der Waals surface area contributed by atoms with Crippen LogP contribution >= 0.6 is 0 Å². The maximum Gasteiger partial charge on any atom is 0.267 e. The predicted molar refractivity (Wildman–Crippen MR) is 68.0 cm³/mol. The van der Waals surface area contributed by atoms with E-state index in [-0.39, 0.29) is 16.1 Å². The number of carbonyl (C=O) groups is 1. The molecule has 8 heteroatoms. The molecule has 100 valence electrons. The van der Waals surface area contributed by atoms with Crippen LogP contribution in [0.15, 0.2) is 23.1 Å². The summed E-state index contributed by atoms with van der Waals surface area (Å²) in [6.07, 6.45) is 0. The molecular formula is C10H16N4O3S. The Bertz CT molecular complexity index is 556. The molecule has 0 saturated carbocycles. The molecule has 1 amide bonds. The minimum absolute atomic E-state index is 0.000324. The van der Waals surface area contributed by atoms with Gasteiger partial charge in [-0.3, -0.25) is 10.2 Å². The molecule has 0 aliphatic carbocycles. The molecule has 0 bridgehead atoms. The van der Waals surface area contributed by atoms with Gasteiger partial charge in [0.2, 0.25) is 10.0 Å². The Morgan fingerprint density at radius 1 is 1.44 bits per heavy atom. The van der Waals surface area contributed by atoms with E-state index in [4.69, 9.17) is 11.6 Å². The Kier molecular flexibility index (Phi) is 4.28. The molecule has 1 rings (SSSR count). The smallest absolute Gasteiger partial charge is 0.267 e. The number of sulfonamides is 1. The zero-order valence-corrected chi connectivity index (χ0v) is 11.0. The van der Waals surface area contributed by atoms with Crippen LogP contribution in [0.2, 0.25) is 0 Å². The van der Waals surface area contributed by atoms with E-state index in [1.165, 1.54) is 29.6 Å². The van der Waals surface area contributed by atoms with Gasteiger partial charge in [0.15, 0.2) is 0 Å². The van der Waals surface area contributed by atoms with E-state index < -0.39 is 15.9 Å².